The lowest BCUT2D eigenvalue weighted by molar-refractivity contribution is -0.137. The second kappa shape index (κ2) is 7.13. The van der Waals surface area contributed by atoms with Crippen LogP contribution in [0.2, 0.25) is 0 Å². The first-order valence-electron chi connectivity index (χ1n) is 9.25. The summed E-state index contributed by atoms with van der Waals surface area (Å²) in [6.07, 6.45) is 3.04. The Bertz CT molecular complexity index is 896. The van der Waals surface area contributed by atoms with Crippen LogP contribution in [0.15, 0.2) is 41.2 Å². The van der Waals surface area contributed by atoms with Gasteiger partial charge < -0.3 is 9.64 Å². The van der Waals surface area contributed by atoms with Gasteiger partial charge in [-0.05, 0) is 62.4 Å². The molecule has 142 valence electrons. The Balaban J connectivity index is 1.47. The van der Waals surface area contributed by atoms with Crippen LogP contribution in [-0.2, 0) is 11.3 Å². The summed E-state index contributed by atoms with van der Waals surface area (Å²) in [5, 5.41) is 4.16. The zero-order chi connectivity index (χ0) is 19.0. The number of halogens is 1. The predicted octanol–water partition coefficient (Wildman–Crippen LogP) is 2.15. The van der Waals surface area contributed by atoms with Gasteiger partial charge in [-0.25, -0.2) is 9.07 Å². The number of likely N-dealkylation sites (tertiary alicyclic amines) is 1. The monoisotopic (exact) mass is 371 g/mol. The number of carbonyl (C=O) groups is 1. The minimum atomic E-state index is -0.310. The van der Waals surface area contributed by atoms with E-state index in [2.05, 4.69) is 5.10 Å². The Morgan fingerprint density at radius 3 is 2.78 bits per heavy atom. The minimum Gasteiger partial charge on any atom is -0.491 e. The van der Waals surface area contributed by atoms with E-state index in [1.54, 1.807) is 25.1 Å². The first-order chi connectivity index (χ1) is 13.0. The van der Waals surface area contributed by atoms with Crippen molar-refractivity contribution in [1.29, 1.82) is 0 Å². The van der Waals surface area contributed by atoms with E-state index >= 15 is 0 Å². The van der Waals surface area contributed by atoms with Gasteiger partial charge in [-0.1, -0.05) is 0 Å². The molecule has 1 saturated carbocycles. The Kier molecular flexibility index (Phi) is 4.68. The summed E-state index contributed by atoms with van der Waals surface area (Å²) in [7, 11) is 0. The van der Waals surface area contributed by atoms with E-state index in [-0.39, 0.29) is 35.9 Å². The molecule has 3 atom stereocenters. The van der Waals surface area contributed by atoms with E-state index in [1.807, 2.05) is 4.90 Å². The highest BCUT2D eigenvalue weighted by Gasteiger charge is 2.48. The van der Waals surface area contributed by atoms with Crippen molar-refractivity contribution in [2.75, 3.05) is 6.61 Å². The number of nitrogens with zero attached hydrogens (tertiary/aromatic N) is 3. The van der Waals surface area contributed by atoms with E-state index in [1.165, 1.54) is 22.9 Å². The number of amides is 1. The number of piperidine rings is 1. The molecular formula is C20H22FN3O3. The Morgan fingerprint density at radius 1 is 1.22 bits per heavy atom. The quantitative estimate of drug-likeness (QED) is 0.808. The maximum Gasteiger partial charge on any atom is 0.267 e. The molecule has 2 aliphatic rings. The molecule has 1 aromatic heterocycles. The summed E-state index contributed by atoms with van der Waals surface area (Å²) in [4.78, 5) is 26.8. The van der Waals surface area contributed by atoms with Gasteiger partial charge in [-0.3, -0.25) is 9.59 Å². The summed E-state index contributed by atoms with van der Waals surface area (Å²) in [5.74, 6) is 0.579. The van der Waals surface area contributed by atoms with Crippen molar-refractivity contribution in [3.05, 3.63) is 58.3 Å². The van der Waals surface area contributed by atoms with E-state index < -0.39 is 0 Å². The minimum absolute atomic E-state index is 0.0261. The van der Waals surface area contributed by atoms with Crippen molar-refractivity contribution < 1.29 is 13.9 Å². The number of aryl methyl sites for hydroxylation is 1. The van der Waals surface area contributed by atoms with E-state index in [0.717, 1.165) is 19.3 Å². The molecule has 27 heavy (non-hydrogen) atoms. The zero-order valence-electron chi connectivity index (χ0n) is 15.2. The molecule has 6 nitrogen and oxygen atoms in total. The van der Waals surface area contributed by atoms with Crippen LogP contribution >= 0.6 is 0 Å². The summed E-state index contributed by atoms with van der Waals surface area (Å²) in [6.45, 7) is 2.10. The van der Waals surface area contributed by atoms with Crippen LogP contribution in [0.4, 0.5) is 4.39 Å². The number of ether oxygens (including phenoxy) is 1. The molecule has 1 amide bonds. The second-order valence-corrected chi connectivity index (χ2v) is 7.33. The smallest absolute Gasteiger partial charge is 0.267 e. The molecule has 2 bridgehead atoms. The highest BCUT2D eigenvalue weighted by Crippen LogP contribution is 2.42. The summed E-state index contributed by atoms with van der Waals surface area (Å²) >= 11 is 0. The number of hydrogen-bond donors (Lipinski definition) is 0. The first-order valence-corrected chi connectivity index (χ1v) is 9.25. The molecule has 1 aromatic carbocycles. The zero-order valence-corrected chi connectivity index (χ0v) is 15.2. The van der Waals surface area contributed by atoms with Gasteiger partial charge >= 0.3 is 0 Å². The average molecular weight is 371 g/mol. The Labute approximate surface area is 156 Å². The van der Waals surface area contributed by atoms with Crippen LogP contribution in [-0.4, -0.2) is 39.3 Å². The maximum atomic E-state index is 13.0. The Hall–Kier alpha value is -2.70. The third-order valence-electron chi connectivity index (χ3n) is 5.55. The number of rotatable bonds is 5. The van der Waals surface area contributed by atoms with Gasteiger partial charge in [0.05, 0.1) is 11.7 Å². The van der Waals surface area contributed by atoms with Crippen molar-refractivity contribution in [3.63, 3.8) is 0 Å². The predicted molar refractivity (Wildman–Crippen MR) is 96.9 cm³/mol. The van der Waals surface area contributed by atoms with E-state index in [4.69, 9.17) is 4.74 Å². The molecule has 7 heteroatoms. The van der Waals surface area contributed by atoms with Gasteiger partial charge in [0.1, 0.15) is 24.7 Å². The summed E-state index contributed by atoms with van der Waals surface area (Å²) in [6, 6.07) is 9.13. The third-order valence-corrected chi connectivity index (χ3v) is 5.55. The number of aromatic nitrogens is 2. The van der Waals surface area contributed by atoms with Gasteiger partial charge in [0.25, 0.3) is 5.56 Å². The number of carbonyl (C=O) groups excluding carboxylic acids is 1. The molecular weight excluding hydrogens is 349 g/mol. The molecule has 0 unspecified atom stereocenters. The summed E-state index contributed by atoms with van der Waals surface area (Å²) < 4.78 is 20.1. The lowest BCUT2D eigenvalue weighted by atomic mass is 9.99. The lowest BCUT2D eigenvalue weighted by Crippen LogP contribution is -2.49. The molecule has 1 aliphatic heterocycles. The van der Waals surface area contributed by atoms with Crippen LogP contribution in [0.25, 0.3) is 0 Å². The van der Waals surface area contributed by atoms with Gasteiger partial charge in [-0.2, -0.15) is 5.10 Å². The Morgan fingerprint density at radius 2 is 2.00 bits per heavy atom. The van der Waals surface area contributed by atoms with Crippen LogP contribution < -0.4 is 10.3 Å². The average Bonchev–Trinajstić information content (AvgIpc) is 3.25. The number of hydrogen-bond acceptors (Lipinski definition) is 4. The van der Waals surface area contributed by atoms with E-state index in [0.29, 0.717) is 24.0 Å². The van der Waals surface area contributed by atoms with Crippen molar-refractivity contribution >= 4 is 5.91 Å². The normalized spacial score (nSPS) is 23.6. The number of fused-ring (bicyclic) bond motifs is 2. The fourth-order valence-corrected chi connectivity index (χ4v) is 4.28. The topological polar surface area (TPSA) is 64.4 Å². The van der Waals surface area contributed by atoms with Crippen molar-refractivity contribution in [1.82, 2.24) is 14.7 Å². The molecule has 2 fully saturated rings. The van der Waals surface area contributed by atoms with Crippen LogP contribution in [0.5, 0.6) is 5.75 Å². The number of benzene rings is 1. The lowest BCUT2D eigenvalue weighted by Gasteiger charge is -2.35. The molecule has 2 heterocycles. The van der Waals surface area contributed by atoms with E-state index in [9.17, 15) is 14.0 Å². The van der Waals surface area contributed by atoms with Crippen molar-refractivity contribution in [2.24, 2.45) is 5.92 Å². The standard InChI is InChI=1S/C20H22FN3O3/c1-13-2-9-19(25)23(22-13)11-20(26)24-16-6-3-14(10-16)18(24)12-27-17-7-4-15(21)5-8-17/h2,4-5,7-9,14,16,18H,3,6,10-12H2,1H3/t14-,16+,18-/m0/s1. The fourth-order valence-electron chi connectivity index (χ4n) is 4.28. The first kappa shape index (κ1) is 17.7. The van der Waals surface area contributed by atoms with Gasteiger partial charge in [0.2, 0.25) is 5.91 Å². The molecule has 1 aliphatic carbocycles. The second-order valence-electron chi connectivity index (χ2n) is 7.33. The van der Waals surface area contributed by atoms with Crippen LogP contribution in [0, 0.1) is 18.7 Å². The molecule has 0 radical (unpaired) electrons. The van der Waals surface area contributed by atoms with Gasteiger partial charge in [-0.15, -0.1) is 0 Å². The largest absolute Gasteiger partial charge is 0.491 e. The van der Waals surface area contributed by atoms with Crippen molar-refractivity contribution in [3.8, 4) is 5.75 Å². The third kappa shape index (κ3) is 3.59. The molecule has 4 rings (SSSR count). The van der Waals surface area contributed by atoms with Gasteiger partial charge in [0.15, 0.2) is 0 Å². The van der Waals surface area contributed by atoms with Crippen molar-refractivity contribution in [2.45, 2.75) is 44.8 Å². The fraction of sp³-hybridized carbons (Fsp3) is 0.450. The highest BCUT2D eigenvalue weighted by molar-refractivity contribution is 5.77. The highest BCUT2D eigenvalue weighted by atomic mass is 19.1. The molecule has 1 saturated heterocycles. The molecule has 2 aromatic rings. The van der Waals surface area contributed by atoms with Crippen LogP contribution in [0.3, 0.4) is 0 Å². The SMILES string of the molecule is Cc1ccc(=O)n(CC(=O)N2[C@@H]3CC[C@@H](C3)[C@@H]2COc2ccc(F)cc2)n1. The van der Waals surface area contributed by atoms with Gasteiger partial charge in [0, 0.05) is 12.1 Å². The van der Waals surface area contributed by atoms with Crippen LogP contribution in [0.1, 0.15) is 25.0 Å². The maximum absolute atomic E-state index is 13.0. The molecule has 0 N–H and O–H groups in total. The summed E-state index contributed by atoms with van der Waals surface area (Å²) in [5.41, 5.74) is 0.416. The molecule has 0 spiro atoms.